The lowest BCUT2D eigenvalue weighted by atomic mass is 9.67. The molecule has 0 fully saturated rings. The van der Waals surface area contributed by atoms with E-state index in [1.165, 1.54) is 218 Å². The third-order valence-electron chi connectivity index (χ3n) is 17.7. The Hall–Kier alpha value is -1.84. The predicted molar refractivity (Wildman–Crippen MR) is 312 cm³/mol. The molecule has 71 heavy (non-hydrogen) atoms. The fourth-order valence-corrected chi connectivity index (χ4v) is 11.8. The summed E-state index contributed by atoms with van der Waals surface area (Å²) in [7, 11) is 0. The zero-order valence-corrected chi connectivity index (χ0v) is 49.7. The molecule has 5 unspecified atom stereocenters. The average molecular weight is 994 g/mol. The normalized spacial score (nSPS) is 14.1. The van der Waals surface area contributed by atoms with Crippen LogP contribution in [0.1, 0.15) is 352 Å². The second-order valence-corrected chi connectivity index (χ2v) is 23.6. The fraction of sp³-hybridized carbons (Fsp3) is 0.881. The second kappa shape index (κ2) is 45.5. The lowest BCUT2D eigenvalue weighted by molar-refractivity contribution is 0.0380. The number of aryl methyl sites for hydroxylation is 1. The number of esters is 2. The Bertz CT molecular complexity index is 1360. The number of carbonyl (C=O) groups is 2. The third-order valence-corrected chi connectivity index (χ3v) is 17.7. The summed E-state index contributed by atoms with van der Waals surface area (Å²) in [6.45, 7) is 24.4. The Morgan fingerprint density at radius 2 is 0.817 bits per heavy atom. The van der Waals surface area contributed by atoms with E-state index in [2.05, 4.69) is 75.3 Å². The standard InChI is InChI=1S/C67H124O4/c1-11-18-35-44-57(8)46-37-29-25-27-32-40-49-60(14-4)55-70-65(68)63-53-43-52-62(51-42-34-24-22-21-23-31-39-48-59(10)67(16-6,17-7)54-20-13-3)64(63)66(69)71-56-61(15-5)50-41-33-28-26-30-38-47-58(9)45-36-19-12-2/h43,52-53,57-61H,11-42,44-51,54-56H2,1-10H3. The molecule has 0 saturated heterocycles. The van der Waals surface area contributed by atoms with Crippen molar-refractivity contribution in [3.8, 4) is 0 Å². The monoisotopic (exact) mass is 993 g/mol. The molecule has 1 rings (SSSR count). The van der Waals surface area contributed by atoms with Gasteiger partial charge in [0.25, 0.3) is 0 Å². The molecule has 0 radical (unpaired) electrons. The largest absolute Gasteiger partial charge is 0.462 e. The van der Waals surface area contributed by atoms with Crippen molar-refractivity contribution in [2.24, 2.45) is 35.0 Å². The molecule has 0 aliphatic rings. The third kappa shape index (κ3) is 32.3. The van der Waals surface area contributed by atoms with Gasteiger partial charge in [0.05, 0.1) is 24.3 Å². The molecule has 0 aromatic heterocycles. The molecule has 1 aromatic carbocycles. The van der Waals surface area contributed by atoms with E-state index < -0.39 is 0 Å². The number of hydrogen-bond acceptors (Lipinski definition) is 4. The summed E-state index contributed by atoms with van der Waals surface area (Å²) in [4.78, 5) is 28.1. The molecule has 0 bridgehead atoms. The Kier molecular flexibility index (Phi) is 43.1. The van der Waals surface area contributed by atoms with Crippen molar-refractivity contribution in [3.63, 3.8) is 0 Å². The van der Waals surface area contributed by atoms with Crippen LogP contribution in [0.3, 0.4) is 0 Å². The molecule has 0 aliphatic carbocycles. The number of benzene rings is 1. The highest BCUT2D eigenvalue weighted by molar-refractivity contribution is 6.04. The molecule has 0 spiro atoms. The Morgan fingerprint density at radius 3 is 1.24 bits per heavy atom. The van der Waals surface area contributed by atoms with Crippen LogP contribution in [0.25, 0.3) is 0 Å². The van der Waals surface area contributed by atoms with Crippen LogP contribution in [-0.4, -0.2) is 25.2 Å². The van der Waals surface area contributed by atoms with Crippen LogP contribution in [0.2, 0.25) is 0 Å². The lowest BCUT2D eigenvalue weighted by Crippen LogP contribution is -2.27. The quantitative estimate of drug-likeness (QED) is 0.0482. The highest BCUT2D eigenvalue weighted by Gasteiger charge is 2.31. The van der Waals surface area contributed by atoms with Crippen molar-refractivity contribution in [3.05, 3.63) is 34.9 Å². The van der Waals surface area contributed by atoms with Crippen LogP contribution in [-0.2, 0) is 15.9 Å². The van der Waals surface area contributed by atoms with Gasteiger partial charge in [0.2, 0.25) is 0 Å². The van der Waals surface area contributed by atoms with E-state index in [1.807, 2.05) is 6.07 Å². The van der Waals surface area contributed by atoms with Crippen molar-refractivity contribution in [2.45, 2.75) is 332 Å². The summed E-state index contributed by atoms with van der Waals surface area (Å²) in [6, 6.07) is 5.80. The first kappa shape index (κ1) is 67.2. The van der Waals surface area contributed by atoms with E-state index in [9.17, 15) is 9.59 Å². The number of hydrogen-bond donors (Lipinski definition) is 0. The highest BCUT2D eigenvalue weighted by atomic mass is 16.5. The minimum Gasteiger partial charge on any atom is -0.462 e. The molecule has 0 amide bonds. The van der Waals surface area contributed by atoms with Crippen LogP contribution in [0.15, 0.2) is 18.2 Å². The van der Waals surface area contributed by atoms with Crippen LogP contribution < -0.4 is 0 Å². The maximum Gasteiger partial charge on any atom is 0.339 e. The summed E-state index contributed by atoms with van der Waals surface area (Å²) in [6.07, 6.45) is 52.3. The molecule has 0 aliphatic heterocycles. The first-order valence-electron chi connectivity index (χ1n) is 32.0. The summed E-state index contributed by atoms with van der Waals surface area (Å²) < 4.78 is 12.2. The van der Waals surface area contributed by atoms with Gasteiger partial charge in [-0.2, -0.15) is 0 Å². The van der Waals surface area contributed by atoms with Gasteiger partial charge in [-0.25, -0.2) is 9.59 Å². The Labute approximate surface area is 444 Å². The van der Waals surface area contributed by atoms with Gasteiger partial charge in [-0.1, -0.05) is 313 Å². The molecule has 4 nitrogen and oxygen atoms in total. The van der Waals surface area contributed by atoms with Crippen molar-refractivity contribution < 1.29 is 19.1 Å². The SMILES string of the molecule is CCCCCC(C)CCCCCCCCC(CC)COC(=O)c1cccc(CCCCCCCCCCC(C)C(CC)(CC)CCCC)c1C(=O)OCC(CC)CCCCCCCCC(C)CCCCC. The Morgan fingerprint density at radius 1 is 0.437 bits per heavy atom. The first-order valence-corrected chi connectivity index (χ1v) is 32.0. The van der Waals surface area contributed by atoms with Gasteiger partial charge < -0.3 is 9.47 Å². The average Bonchev–Trinajstić information content (AvgIpc) is 3.38. The van der Waals surface area contributed by atoms with Gasteiger partial charge in [-0.3, -0.25) is 0 Å². The number of carbonyl (C=O) groups excluding carboxylic acids is 2. The molecular formula is C67H124O4. The first-order chi connectivity index (χ1) is 34.6. The van der Waals surface area contributed by atoms with Crippen LogP contribution in [0.4, 0.5) is 0 Å². The number of unbranched alkanes of at least 4 members (excludes halogenated alkanes) is 22. The van der Waals surface area contributed by atoms with E-state index in [1.54, 1.807) is 6.07 Å². The van der Waals surface area contributed by atoms with Crippen molar-refractivity contribution in [2.75, 3.05) is 13.2 Å². The zero-order valence-electron chi connectivity index (χ0n) is 49.7. The zero-order chi connectivity index (χ0) is 52.2. The fourth-order valence-electron chi connectivity index (χ4n) is 11.8. The second-order valence-electron chi connectivity index (χ2n) is 23.6. The van der Waals surface area contributed by atoms with Gasteiger partial charge in [0, 0.05) is 0 Å². The molecular weight excluding hydrogens is 869 g/mol. The van der Waals surface area contributed by atoms with E-state index >= 15 is 0 Å². The molecule has 1 aromatic rings. The number of rotatable bonds is 51. The topological polar surface area (TPSA) is 52.6 Å². The summed E-state index contributed by atoms with van der Waals surface area (Å²) in [5.74, 6) is 2.53. The van der Waals surface area contributed by atoms with Crippen molar-refractivity contribution >= 4 is 11.9 Å². The van der Waals surface area contributed by atoms with E-state index in [4.69, 9.17) is 9.47 Å². The van der Waals surface area contributed by atoms with Crippen molar-refractivity contribution in [1.29, 1.82) is 0 Å². The molecule has 0 saturated carbocycles. The van der Waals surface area contributed by atoms with Crippen molar-refractivity contribution in [1.82, 2.24) is 0 Å². The van der Waals surface area contributed by atoms with E-state index in [0.717, 1.165) is 68.3 Å². The van der Waals surface area contributed by atoms with Gasteiger partial charge in [0.15, 0.2) is 0 Å². The molecule has 416 valence electrons. The van der Waals surface area contributed by atoms with E-state index in [0.29, 0.717) is 41.6 Å². The highest BCUT2D eigenvalue weighted by Crippen LogP contribution is 2.42. The number of ether oxygens (including phenoxy) is 2. The maximum atomic E-state index is 14.2. The summed E-state index contributed by atoms with van der Waals surface area (Å²) in [5.41, 5.74) is 2.32. The summed E-state index contributed by atoms with van der Waals surface area (Å²) in [5, 5.41) is 0. The van der Waals surface area contributed by atoms with Gasteiger partial charge in [-0.05, 0) is 78.7 Å². The molecule has 0 heterocycles. The Balaban J connectivity index is 2.76. The van der Waals surface area contributed by atoms with Gasteiger partial charge in [-0.15, -0.1) is 0 Å². The minimum absolute atomic E-state index is 0.343. The van der Waals surface area contributed by atoms with Crippen LogP contribution in [0.5, 0.6) is 0 Å². The summed E-state index contributed by atoms with van der Waals surface area (Å²) >= 11 is 0. The van der Waals surface area contributed by atoms with Crippen LogP contribution in [0, 0.1) is 35.0 Å². The minimum atomic E-state index is -0.371. The van der Waals surface area contributed by atoms with E-state index in [-0.39, 0.29) is 11.9 Å². The predicted octanol–water partition coefficient (Wildman–Crippen LogP) is 22.4. The smallest absolute Gasteiger partial charge is 0.339 e. The van der Waals surface area contributed by atoms with Crippen LogP contribution >= 0.6 is 0 Å². The molecule has 5 atom stereocenters. The maximum absolute atomic E-state index is 14.2. The molecule has 0 N–H and O–H groups in total. The molecule has 4 heteroatoms. The van der Waals surface area contributed by atoms with Gasteiger partial charge in [0.1, 0.15) is 0 Å². The lowest BCUT2D eigenvalue weighted by Gasteiger charge is -2.38. The van der Waals surface area contributed by atoms with Gasteiger partial charge >= 0.3 is 11.9 Å².